The monoisotopic (exact) mass is 269 g/mol. The standard InChI is InChI=1S/C13H11N5O2/c14-8-1-2-9-7(5-8)6-10(15-9)13(20)16-11-3-4-12(19)18-17-11/h1-6,15H,14H2,(H,18,19)(H,16,17,20). The van der Waals surface area contributed by atoms with Crippen molar-refractivity contribution >= 4 is 28.3 Å². The summed E-state index contributed by atoms with van der Waals surface area (Å²) in [5, 5.41) is 9.38. The van der Waals surface area contributed by atoms with Crippen molar-refractivity contribution in [2.75, 3.05) is 11.1 Å². The fourth-order valence-corrected chi connectivity index (χ4v) is 1.87. The number of hydrogen-bond donors (Lipinski definition) is 4. The van der Waals surface area contributed by atoms with E-state index in [0.717, 1.165) is 10.9 Å². The molecule has 0 bridgehead atoms. The van der Waals surface area contributed by atoms with Gasteiger partial charge >= 0.3 is 0 Å². The van der Waals surface area contributed by atoms with E-state index in [9.17, 15) is 9.59 Å². The molecule has 7 nitrogen and oxygen atoms in total. The van der Waals surface area contributed by atoms with Crippen LogP contribution in [0.25, 0.3) is 10.9 Å². The lowest BCUT2D eigenvalue weighted by atomic mass is 10.2. The van der Waals surface area contributed by atoms with Gasteiger partial charge in [-0.1, -0.05) is 0 Å². The molecule has 0 aliphatic carbocycles. The third-order valence-corrected chi connectivity index (χ3v) is 2.81. The van der Waals surface area contributed by atoms with Gasteiger partial charge in [-0.2, -0.15) is 5.10 Å². The van der Waals surface area contributed by atoms with Gasteiger partial charge in [0, 0.05) is 22.7 Å². The Balaban J connectivity index is 1.88. The fourth-order valence-electron chi connectivity index (χ4n) is 1.87. The van der Waals surface area contributed by atoms with Crippen molar-refractivity contribution in [2.45, 2.75) is 0 Å². The average molecular weight is 269 g/mol. The maximum atomic E-state index is 12.0. The molecule has 5 N–H and O–H groups in total. The number of rotatable bonds is 2. The van der Waals surface area contributed by atoms with Gasteiger partial charge in [0.15, 0.2) is 5.82 Å². The Morgan fingerprint density at radius 3 is 2.80 bits per heavy atom. The van der Waals surface area contributed by atoms with Gasteiger partial charge < -0.3 is 16.0 Å². The van der Waals surface area contributed by atoms with Crippen molar-refractivity contribution in [2.24, 2.45) is 0 Å². The highest BCUT2D eigenvalue weighted by atomic mass is 16.2. The molecule has 0 aliphatic heterocycles. The molecule has 1 amide bonds. The highest BCUT2D eigenvalue weighted by molar-refractivity contribution is 6.05. The molecule has 20 heavy (non-hydrogen) atoms. The van der Waals surface area contributed by atoms with E-state index < -0.39 is 0 Å². The molecule has 0 unspecified atom stereocenters. The van der Waals surface area contributed by atoms with Crippen LogP contribution in [0.5, 0.6) is 0 Å². The third-order valence-electron chi connectivity index (χ3n) is 2.81. The molecule has 2 heterocycles. The molecule has 0 saturated heterocycles. The van der Waals surface area contributed by atoms with Crippen LogP contribution < -0.4 is 16.6 Å². The summed E-state index contributed by atoms with van der Waals surface area (Å²) < 4.78 is 0. The first-order valence-electron chi connectivity index (χ1n) is 5.87. The van der Waals surface area contributed by atoms with E-state index in [4.69, 9.17) is 5.73 Å². The average Bonchev–Trinajstić information content (AvgIpc) is 2.84. The molecule has 0 spiro atoms. The predicted octanol–water partition coefficient (Wildman–Crippen LogP) is 1.09. The number of nitrogen functional groups attached to an aromatic ring is 1. The zero-order valence-electron chi connectivity index (χ0n) is 10.3. The number of aromatic nitrogens is 3. The summed E-state index contributed by atoms with van der Waals surface area (Å²) in [5.41, 5.74) is 7.20. The minimum absolute atomic E-state index is 0.271. The molecule has 0 atom stereocenters. The zero-order valence-corrected chi connectivity index (χ0v) is 10.3. The number of benzene rings is 1. The van der Waals surface area contributed by atoms with Crippen LogP contribution >= 0.6 is 0 Å². The maximum Gasteiger partial charge on any atom is 0.273 e. The topological polar surface area (TPSA) is 117 Å². The van der Waals surface area contributed by atoms with Crippen LogP contribution in [-0.2, 0) is 0 Å². The molecule has 1 aromatic carbocycles. The second-order valence-corrected chi connectivity index (χ2v) is 4.29. The van der Waals surface area contributed by atoms with E-state index in [0.29, 0.717) is 11.4 Å². The summed E-state index contributed by atoms with van der Waals surface area (Å²) in [6.07, 6.45) is 0. The lowest BCUT2D eigenvalue weighted by molar-refractivity contribution is 0.102. The van der Waals surface area contributed by atoms with Gasteiger partial charge in [-0.25, -0.2) is 5.10 Å². The van der Waals surface area contributed by atoms with Crippen molar-refractivity contribution in [3.63, 3.8) is 0 Å². The lowest BCUT2D eigenvalue weighted by Gasteiger charge is -2.00. The Morgan fingerprint density at radius 1 is 1.20 bits per heavy atom. The first kappa shape index (κ1) is 12.0. The Labute approximate surface area is 112 Å². The molecule has 100 valence electrons. The van der Waals surface area contributed by atoms with Crippen molar-refractivity contribution < 1.29 is 4.79 Å². The summed E-state index contributed by atoms with van der Waals surface area (Å²) in [5.74, 6) is -0.0768. The predicted molar refractivity (Wildman–Crippen MR) is 75.5 cm³/mol. The van der Waals surface area contributed by atoms with Gasteiger partial charge in [0.25, 0.3) is 11.5 Å². The van der Waals surface area contributed by atoms with E-state index in [1.807, 2.05) is 0 Å². The van der Waals surface area contributed by atoms with Crippen molar-refractivity contribution in [3.8, 4) is 0 Å². The maximum absolute atomic E-state index is 12.0. The van der Waals surface area contributed by atoms with Crippen LogP contribution in [0.1, 0.15) is 10.5 Å². The number of hydrogen-bond acceptors (Lipinski definition) is 4. The highest BCUT2D eigenvalue weighted by Crippen LogP contribution is 2.18. The molecule has 0 aliphatic rings. The number of H-pyrrole nitrogens is 2. The molecule has 7 heteroatoms. The molecule has 0 fully saturated rings. The van der Waals surface area contributed by atoms with Crippen LogP contribution in [0.4, 0.5) is 11.5 Å². The molecular formula is C13H11N5O2. The summed E-state index contributed by atoms with van der Waals surface area (Å²) in [7, 11) is 0. The molecule has 3 aromatic rings. The second-order valence-electron chi connectivity index (χ2n) is 4.29. The fraction of sp³-hybridized carbons (Fsp3) is 0. The summed E-state index contributed by atoms with van der Waals surface area (Å²) in [6.45, 7) is 0. The van der Waals surface area contributed by atoms with Crippen molar-refractivity contribution in [1.29, 1.82) is 0 Å². The van der Waals surface area contributed by atoms with Crippen LogP contribution in [0.3, 0.4) is 0 Å². The van der Waals surface area contributed by atoms with E-state index in [1.54, 1.807) is 24.3 Å². The number of aromatic amines is 2. The smallest absolute Gasteiger partial charge is 0.273 e. The molecule has 0 radical (unpaired) electrons. The Hall–Kier alpha value is -3.09. The molecule has 0 saturated carbocycles. The SMILES string of the molecule is Nc1ccc2[nH]c(C(=O)Nc3ccc(=O)[nH]n3)cc2c1. The second kappa shape index (κ2) is 4.54. The number of nitrogens with one attached hydrogen (secondary N) is 3. The molecule has 2 aromatic heterocycles. The number of anilines is 2. The van der Waals surface area contributed by atoms with Gasteiger partial charge in [0.1, 0.15) is 5.69 Å². The molecular weight excluding hydrogens is 258 g/mol. The van der Waals surface area contributed by atoms with Gasteiger partial charge in [-0.3, -0.25) is 9.59 Å². The minimum atomic E-state index is -0.348. The van der Waals surface area contributed by atoms with Crippen LogP contribution in [0.15, 0.2) is 41.2 Å². The van der Waals surface area contributed by atoms with E-state index in [2.05, 4.69) is 20.5 Å². The number of nitrogens with zero attached hydrogens (tertiary/aromatic N) is 1. The van der Waals surface area contributed by atoms with Crippen LogP contribution in [-0.4, -0.2) is 21.1 Å². The normalized spacial score (nSPS) is 10.6. The largest absolute Gasteiger partial charge is 0.399 e. The number of amides is 1. The Kier molecular flexibility index (Phi) is 2.72. The van der Waals surface area contributed by atoms with Gasteiger partial charge in [0.05, 0.1) is 0 Å². The summed E-state index contributed by atoms with van der Waals surface area (Å²) in [6, 6.07) is 9.75. The quantitative estimate of drug-likeness (QED) is 0.521. The summed E-state index contributed by atoms with van der Waals surface area (Å²) >= 11 is 0. The van der Waals surface area contributed by atoms with E-state index in [1.165, 1.54) is 12.1 Å². The van der Waals surface area contributed by atoms with E-state index >= 15 is 0 Å². The highest BCUT2D eigenvalue weighted by Gasteiger charge is 2.10. The number of carbonyl (C=O) groups excluding carboxylic acids is 1. The molecule has 3 rings (SSSR count). The van der Waals surface area contributed by atoms with Crippen molar-refractivity contribution in [3.05, 3.63) is 52.4 Å². The Morgan fingerprint density at radius 2 is 2.05 bits per heavy atom. The number of fused-ring (bicyclic) bond motifs is 1. The van der Waals surface area contributed by atoms with Gasteiger partial charge in [-0.05, 0) is 30.3 Å². The van der Waals surface area contributed by atoms with Gasteiger partial charge in [0.2, 0.25) is 0 Å². The third kappa shape index (κ3) is 2.24. The zero-order chi connectivity index (χ0) is 14.1. The first-order chi connectivity index (χ1) is 9.61. The summed E-state index contributed by atoms with van der Waals surface area (Å²) in [4.78, 5) is 25.9. The van der Waals surface area contributed by atoms with Crippen molar-refractivity contribution in [1.82, 2.24) is 15.2 Å². The minimum Gasteiger partial charge on any atom is -0.399 e. The first-order valence-corrected chi connectivity index (χ1v) is 5.87. The Bertz CT molecular complexity index is 829. The van der Waals surface area contributed by atoms with Crippen LogP contribution in [0, 0.1) is 0 Å². The van der Waals surface area contributed by atoms with Crippen LogP contribution in [0.2, 0.25) is 0 Å². The lowest BCUT2D eigenvalue weighted by Crippen LogP contribution is -2.15. The number of carbonyl (C=O) groups is 1. The van der Waals surface area contributed by atoms with Gasteiger partial charge in [-0.15, -0.1) is 0 Å². The van der Waals surface area contributed by atoms with E-state index in [-0.39, 0.29) is 17.3 Å². The number of nitrogens with two attached hydrogens (primary N) is 1.